The third-order valence-electron chi connectivity index (χ3n) is 4.84. The minimum absolute atomic E-state index is 0.359. The van der Waals surface area contributed by atoms with Crippen LogP contribution >= 0.6 is 0 Å². The zero-order chi connectivity index (χ0) is 21.0. The molecule has 0 saturated heterocycles. The third-order valence-corrected chi connectivity index (χ3v) is 5.56. The number of fused-ring (bicyclic) bond motifs is 1. The second-order valence-corrected chi connectivity index (χ2v) is 8.82. The third kappa shape index (κ3) is 4.61. The molecule has 0 aliphatic rings. The normalized spacial score (nSPS) is 11.5. The van der Waals surface area contributed by atoms with Crippen LogP contribution in [0.1, 0.15) is 24.5 Å². The van der Waals surface area contributed by atoms with Gasteiger partial charge in [-0.3, -0.25) is 0 Å². The molecule has 0 bridgehead atoms. The maximum atomic E-state index is 11.2. The maximum Gasteiger partial charge on any atom is 0.208 e. The van der Waals surface area contributed by atoms with E-state index < -0.39 is 10.0 Å². The van der Waals surface area contributed by atoms with E-state index in [1.807, 2.05) is 42.5 Å². The first-order chi connectivity index (χ1) is 13.9. The summed E-state index contributed by atoms with van der Waals surface area (Å²) in [6.45, 7) is 3.26. The van der Waals surface area contributed by atoms with Gasteiger partial charge in [0.25, 0.3) is 0 Å². The summed E-state index contributed by atoms with van der Waals surface area (Å²) < 4.78 is 32.5. The second kappa shape index (κ2) is 8.68. The van der Waals surface area contributed by atoms with Crippen LogP contribution < -0.4 is 9.46 Å². The molecule has 0 unspecified atom stereocenters. The Morgan fingerprint density at radius 3 is 2.48 bits per heavy atom. The molecule has 0 radical (unpaired) electrons. The minimum atomic E-state index is -3.19. The molecule has 1 N–H and O–H groups in total. The van der Waals surface area contributed by atoms with Crippen molar-refractivity contribution in [3.63, 3.8) is 0 Å². The highest BCUT2D eigenvalue weighted by Gasteiger charge is 2.19. The Hall–Kier alpha value is -2.82. The SMILES string of the molecule is CCCn1c(-c2ccc(CCNS(C)(=O)=O)cc2)c(C#N)c2ccc(OC)cc21. The highest BCUT2D eigenvalue weighted by molar-refractivity contribution is 7.88. The number of hydrogen-bond acceptors (Lipinski definition) is 4. The first-order valence-electron chi connectivity index (χ1n) is 9.52. The van der Waals surface area contributed by atoms with Crippen LogP contribution in [0.4, 0.5) is 0 Å². The van der Waals surface area contributed by atoms with E-state index in [-0.39, 0.29) is 0 Å². The molecule has 6 nitrogen and oxygen atoms in total. The predicted octanol–water partition coefficient (Wildman–Crippen LogP) is 3.69. The lowest BCUT2D eigenvalue weighted by Gasteiger charge is -2.11. The Bertz CT molecular complexity index is 1160. The number of nitriles is 1. The highest BCUT2D eigenvalue weighted by Crippen LogP contribution is 2.35. The lowest BCUT2D eigenvalue weighted by molar-refractivity contribution is 0.415. The number of sulfonamides is 1. The standard InChI is InChI=1S/C22H25N3O3S/c1-4-13-25-21-14-18(28-2)9-10-19(21)20(15-23)22(25)17-7-5-16(6-8-17)11-12-24-29(3,26)27/h5-10,14,24H,4,11-13H2,1-3H3. The first kappa shape index (κ1) is 20.9. The van der Waals surface area contributed by atoms with Crippen molar-refractivity contribution in [2.75, 3.05) is 19.9 Å². The number of nitrogens with zero attached hydrogens (tertiary/aromatic N) is 2. The van der Waals surface area contributed by atoms with E-state index in [1.165, 1.54) is 0 Å². The topological polar surface area (TPSA) is 84.1 Å². The Balaban J connectivity index is 2.02. The van der Waals surface area contributed by atoms with Gasteiger partial charge in [-0.25, -0.2) is 13.1 Å². The van der Waals surface area contributed by atoms with E-state index in [9.17, 15) is 13.7 Å². The van der Waals surface area contributed by atoms with E-state index >= 15 is 0 Å². The smallest absolute Gasteiger partial charge is 0.208 e. The predicted molar refractivity (Wildman–Crippen MR) is 115 cm³/mol. The van der Waals surface area contributed by atoms with Gasteiger partial charge < -0.3 is 9.30 Å². The molecule has 2 aromatic carbocycles. The summed E-state index contributed by atoms with van der Waals surface area (Å²) in [6, 6.07) is 16.1. The minimum Gasteiger partial charge on any atom is -0.497 e. The summed E-state index contributed by atoms with van der Waals surface area (Å²) in [4.78, 5) is 0. The fraction of sp³-hybridized carbons (Fsp3) is 0.318. The highest BCUT2D eigenvalue weighted by atomic mass is 32.2. The fourth-order valence-corrected chi connectivity index (χ4v) is 4.01. The molecule has 152 valence electrons. The molecule has 3 aromatic rings. The molecule has 0 fully saturated rings. The molecule has 0 saturated carbocycles. The number of benzene rings is 2. The molecule has 0 aliphatic heterocycles. The van der Waals surface area contributed by atoms with Crippen LogP contribution in [0.2, 0.25) is 0 Å². The number of methoxy groups -OCH3 is 1. The first-order valence-corrected chi connectivity index (χ1v) is 11.4. The van der Waals surface area contributed by atoms with Crippen LogP contribution in [-0.4, -0.2) is 32.9 Å². The largest absolute Gasteiger partial charge is 0.497 e. The number of ether oxygens (including phenoxy) is 1. The van der Waals surface area contributed by atoms with Crippen molar-refractivity contribution in [2.24, 2.45) is 0 Å². The van der Waals surface area contributed by atoms with Crippen molar-refractivity contribution in [1.82, 2.24) is 9.29 Å². The fourth-order valence-electron chi connectivity index (χ4n) is 3.54. The van der Waals surface area contributed by atoms with Crippen LogP contribution in [0.5, 0.6) is 5.75 Å². The summed E-state index contributed by atoms with van der Waals surface area (Å²) in [5.74, 6) is 0.761. The Kier molecular flexibility index (Phi) is 6.26. The quantitative estimate of drug-likeness (QED) is 0.613. The molecule has 1 aromatic heterocycles. The van der Waals surface area contributed by atoms with Crippen molar-refractivity contribution in [2.45, 2.75) is 26.3 Å². The summed E-state index contributed by atoms with van der Waals surface area (Å²) in [6.07, 6.45) is 2.70. The summed E-state index contributed by atoms with van der Waals surface area (Å²) >= 11 is 0. The molecule has 29 heavy (non-hydrogen) atoms. The summed E-state index contributed by atoms with van der Waals surface area (Å²) in [5.41, 5.74) is 4.54. The zero-order valence-corrected chi connectivity index (χ0v) is 17.7. The molecular formula is C22H25N3O3S. The maximum absolute atomic E-state index is 11.2. The van der Waals surface area contributed by atoms with Gasteiger partial charge in [-0.05, 0) is 36.1 Å². The molecule has 0 aliphatic carbocycles. The van der Waals surface area contributed by atoms with E-state index in [2.05, 4.69) is 22.3 Å². The van der Waals surface area contributed by atoms with Crippen molar-refractivity contribution in [3.8, 4) is 23.1 Å². The lowest BCUT2D eigenvalue weighted by Crippen LogP contribution is -2.24. The monoisotopic (exact) mass is 411 g/mol. The van der Waals surface area contributed by atoms with Crippen LogP contribution in [-0.2, 0) is 23.0 Å². The molecule has 0 spiro atoms. The molecule has 1 heterocycles. The number of rotatable bonds is 8. The van der Waals surface area contributed by atoms with Crippen LogP contribution in [0.3, 0.4) is 0 Å². The van der Waals surface area contributed by atoms with Crippen molar-refractivity contribution in [1.29, 1.82) is 5.26 Å². The van der Waals surface area contributed by atoms with E-state index in [0.29, 0.717) is 18.5 Å². The van der Waals surface area contributed by atoms with Gasteiger partial charge in [0.05, 0.1) is 30.1 Å². The molecule has 0 atom stereocenters. The Morgan fingerprint density at radius 2 is 1.90 bits per heavy atom. The van der Waals surface area contributed by atoms with Crippen LogP contribution in [0.25, 0.3) is 22.2 Å². The second-order valence-electron chi connectivity index (χ2n) is 6.98. The number of aromatic nitrogens is 1. The molecular weight excluding hydrogens is 386 g/mol. The average Bonchev–Trinajstić information content (AvgIpc) is 3.00. The van der Waals surface area contributed by atoms with Crippen molar-refractivity contribution in [3.05, 3.63) is 53.6 Å². The number of nitrogens with one attached hydrogen (secondary N) is 1. The van der Waals surface area contributed by atoms with Gasteiger partial charge in [0, 0.05) is 24.5 Å². The van der Waals surface area contributed by atoms with E-state index in [1.54, 1.807) is 7.11 Å². The van der Waals surface area contributed by atoms with Gasteiger partial charge in [-0.2, -0.15) is 5.26 Å². The Morgan fingerprint density at radius 1 is 1.17 bits per heavy atom. The summed E-state index contributed by atoms with van der Waals surface area (Å²) in [5, 5.41) is 10.8. The van der Waals surface area contributed by atoms with Gasteiger partial charge in [-0.1, -0.05) is 31.2 Å². The van der Waals surface area contributed by atoms with Gasteiger partial charge in [0.2, 0.25) is 10.0 Å². The van der Waals surface area contributed by atoms with Crippen molar-refractivity contribution >= 4 is 20.9 Å². The summed E-state index contributed by atoms with van der Waals surface area (Å²) in [7, 11) is -1.55. The van der Waals surface area contributed by atoms with Crippen molar-refractivity contribution < 1.29 is 13.2 Å². The van der Waals surface area contributed by atoms with Crippen LogP contribution in [0.15, 0.2) is 42.5 Å². The number of hydrogen-bond donors (Lipinski definition) is 1. The zero-order valence-electron chi connectivity index (χ0n) is 16.9. The van der Waals surface area contributed by atoms with E-state index in [4.69, 9.17) is 4.74 Å². The average molecular weight is 412 g/mol. The number of aryl methyl sites for hydroxylation is 1. The molecule has 3 rings (SSSR count). The van der Waals surface area contributed by atoms with Gasteiger partial charge in [0.15, 0.2) is 0 Å². The molecule has 7 heteroatoms. The van der Waals surface area contributed by atoms with Gasteiger partial charge in [0.1, 0.15) is 11.8 Å². The van der Waals surface area contributed by atoms with E-state index in [0.717, 1.165) is 52.7 Å². The Labute approximate surface area is 171 Å². The van der Waals surface area contributed by atoms with Gasteiger partial charge in [-0.15, -0.1) is 0 Å². The lowest BCUT2D eigenvalue weighted by atomic mass is 10.0. The molecule has 0 amide bonds. The van der Waals surface area contributed by atoms with Gasteiger partial charge >= 0.3 is 0 Å². The van der Waals surface area contributed by atoms with Crippen LogP contribution in [0, 0.1) is 11.3 Å².